The van der Waals surface area contributed by atoms with Crippen molar-refractivity contribution in [2.24, 2.45) is 11.3 Å². The van der Waals surface area contributed by atoms with E-state index in [4.69, 9.17) is 0 Å². The van der Waals surface area contributed by atoms with Crippen molar-refractivity contribution in [3.05, 3.63) is 53.7 Å². The van der Waals surface area contributed by atoms with Gasteiger partial charge in [-0.25, -0.2) is 4.79 Å². The highest BCUT2D eigenvalue weighted by Crippen LogP contribution is 2.27. The number of aromatic carboxylic acids is 1. The molecule has 27 heavy (non-hydrogen) atoms. The Hall–Kier alpha value is -2.69. The second kappa shape index (κ2) is 7.51. The summed E-state index contributed by atoms with van der Waals surface area (Å²) in [4.78, 5) is 30.3. The molecule has 0 aliphatic carbocycles. The van der Waals surface area contributed by atoms with Crippen molar-refractivity contribution in [3.63, 3.8) is 0 Å². The fourth-order valence-electron chi connectivity index (χ4n) is 3.59. The molecule has 1 aromatic carbocycles. The number of hydrogen-bond acceptors (Lipinski definition) is 3. The molecule has 5 nitrogen and oxygen atoms in total. The lowest BCUT2D eigenvalue weighted by atomic mass is 9.94. The zero-order valence-electron chi connectivity index (χ0n) is 16.1. The van der Waals surface area contributed by atoms with Crippen LogP contribution in [-0.4, -0.2) is 40.0 Å². The maximum Gasteiger partial charge on any atom is 0.336 e. The first-order chi connectivity index (χ1) is 12.8. The summed E-state index contributed by atoms with van der Waals surface area (Å²) in [5, 5.41) is 9.34. The van der Waals surface area contributed by atoms with E-state index >= 15 is 0 Å². The first-order valence-corrected chi connectivity index (χ1v) is 9.32. The van der Waals surface area contributed by atoms with Crippen molar-refractivity contribution in [1.29, 1.82) is 0 Å². The standard InChI is InChI=1S/C22H26N2O3/c1-22(2,3)21(27)24-11-10-16(14-24)12-15-8-9-19(23-13-15)17-6-4-5-7-18(17)20(25)26/h4-9,13,16H,10-12,14H2,1-3H3,(H,25,26)/t16-/m0/s1. The van der Waals surface area contributed by atoms with Crippen LogP contribution >= 0.6 is 0 Å². The van der Waals surface area contributed by atoms with Crippen LogP contribution in [0.25, 0.3) is 11.3 Å². The Morgan fingerprint density at radius 3 is 2.56 bits per heavy atom. The van der Waals surface area contributed by atoms with Crippen LogP contribution in [0.5, 0.6) is 0 Å². The van der Waals surface area contributed by atoms with Crippen LogP contribution in [0.2, 0.25) is 0 Å². The number of pyridine rings is 1. The van der Waals surface area contributed by atoms with Gasteiger partial charge in [0.2, 0.25) is 5.91 Å². The molecule has 1 aliphatic rings. The lowest BCUT2D eigenvalue weighted by Gasteiger charge is -2.25. The van der Waals surface area contributed by atoms with Crippen LogP contribution in [0, 0.1) is 11.3 Å². The van der Waals surface area contributed by atoms with Crippen molar-refractivity contribution in [2.75, 3.05) is 13.1 Å². The largest absolute Gasteiger partial charge is 0.478 e. The molecular weight excluding hydrogens is 340 g/mol. The second-order valence-corrected chi connectivity index (χ2v) is 8.26. The van der Waals surface area contributed by atoms with Gasteiger partial charge in [-0.15, -0.1) is 0 Å². The van der Waals surface area contributed by atoms with Crippen LogP contribution in [0.1, 0.15) is 43.1 Å². The number of nitrogens with zero attached hydrogens (tertiary/aromatic N) is 2. The van der Waals surface area contributed by atoms with Crippen LogP contribution in [0.4, 0.5) is 0 Å². The zero-order valence-corrected chi connectivity index (χ0v) is 16.1. The Morgan fingerprint density at radius 1 is 1.19 bits per heavy atom. The van der Waals surface area contributed by atoms with Crippen molar-refractivity contribution >= 4 is 11.9 Å². The van der Waals surface area contributed by atoms with Crippen molar-refractivity contribution in [1.82, 2.24) is 9.88 Å². The van der Waals surface area contributed by atoms with E-state index in [0.717, 1.165) is 31.5 Å². The summed E-state index contributed by atoms with van der Waals surface area (Å²) in [6, 6.07) is 10.8. The van der Waals surface area contributed by atoms with Gasteiger partial charge in [0.15, 0.2) is 0 Å². The summed E-state index contributed by atoms with van der Waals surface area (Å²) < 4.78 is 0. The number of carboxylic acids is 1. The van der Waals surface area contributed by atoms with Gasteiger partial charge in [-0.3, -0.25) is 9.78 Å². The van der Waals surface area contributed by atoms with Gasteiger partial charge in [-0.1, -0.05) is 45.0 Å². The van der Waals surface area contributed by atoms with E-state index in [1.807, 2.05) is 50.1 Å². The topological polar surface area (TPSA) is 70.5 Å². The summed E-state index contributed by atoms with van der Waals surface area (Å²) in [7, 11) is 0. The molecule has 1 saturated heterocycles. The van der Waals surface area contributed by atoms with Gasteiger partial charge in [-0.05, 0) is 36.5 Å². The fraction of sp³-hybridized carbons (Fsp3) is 0.409. The van der Waals surface area contributed by atoms with Gasteiger partial charge in [0.05, 0.1) is 11.3 Å². The SMILES string of the molecule is CC(C)(C)C(=O)N1CC[C@@H](Cc2ccc(-c3ccccc3C(=O)O)nc2)C1. The molecule has 3 rings (SSSR count). The number of rotatable bonds is 4. The van der Waals surface area contributed by atoms with Gasteiger partial charge in [0.1, 0.15) is 0 Å². The van der Waals surface area contributed by atoms with Gasteiger partial charge < -0.3 is 10.0 Å². The molecule has 5 heteroatoms. The average Bonchev–Trinajstić information content (AvgIpc) is 3.09. The number of carboxylic acid groups (broad SMARTS) is 1. The molecule has 0 unspecified atom stereocenters. The van der Waals surface area contributed by atoms with E-state index in [-0.39, 0.29) is 16.9 Å². The normalized spacial score (nSPS) is 17.1. The minimum absolute atomic E-state index is 0.212. The molecule has 1 fully saturated rings. The second-order valence-electron chi connectivity index (χ2n) is 8.26. The molecule has 0 bridgehead atoms. The molecule has 142 valence electrons. The Bertz CT molecular complexity index is 837. The quantitative estimate of drug-likeness (QED) is 0.891. The molecule has 2 heterocycles. The number of carbonyl (C=O) groups is 2. The highest BCUT2D eigenvalue weighted by molar-refractivity contribution is 5.95. The number of amides is 1. The minimum Gasteiger partial charge on any atom is -0.478 e. The molecule has 1 amide bonds. The highest BCUT2D eigenvalue weighted by Gasteiger charge is 2.32. The summed E-state index contributed by atoms with van der Waals surface area (Å²) in [6.45, 7) is 7.48. The third-order valence-electron chi connectivity index (χ3n) is 5.00. The predicted molar refractivity (Wildman–Crippen MR) is 104 cm³/mol. The van der Waals surface area contributed by atoms with Crippen molar-refractivity contribution < 1.29 is 14.7 Å². The van der Waals surface area contributed by atoms with Gasteiger partial charge >= 0.3 is 5.97 Å². The zero-order chi connectivity index (χ0) is 19.6. The number of hydrogen-bond donors (Lipinski definition) is 1. The first kappa shape index (κ1) is 19.1. The molecule has 0 spiro atoms. The Morgan fingerprint density at radius 2 is 1.93 bits per heavy atom. The van der Waals surface area contributed by atoms with Gasteiger partial charge in [-0.2, -0.15) is 0 Å². The Balaban J connectivity index is 1.67. The lowest BCUT2D eigenvalue weighted by molar-refractivity contribution is -0.138. The van der Waals surface area contributed by atoms with Crippen LogP contribution < -0.4 is 0 Å². The van der Waals surface area contributed by atoms with Crippen LogP contribution in [-0.2, 0) is 11.2 Å². The lowest BCUT2D eigenvalue weighted by Crippen LogP contribution is -2.38. The summed E-state index contributed by atoms with van der Waals surface area (Å²) in [5.41, 5.74) is 2.31. The van der Waals surface area contributed by atoms with E-state index in [9.17, 15) is 14.7 Å². The molecule has 1 N–H and O–H groups in total. The number of benzene rings is 1. The van der Waals surface area contributed by atoms with E-state index in [1.54, 1.807) is 18.2 Å². The predicted octanol–water partition coefficient (Wildman–Crippen LogP) is 3.88. The number of carbonyl (C=O) groups excluding carboxylic acids is 1. The summed E-state index contributed by atoms with van der Waals surface area (Å²) >= 11 is 0. The molecule has 0 saturated carbocycles. The smallest absolute Gasteiger partial charge is 0.336 e. The van der Waals surface area contributed by atoms with Gasteiger partial charge in [0.25, 0.3) is 0 Å². The van der Waals surface area contributed by atoms with Gasteiger partial charge in [0, 0.05) is 30.3 Å². The minimum atomic E-state index is -0.953. The average molecular weight is 366 g/mol. The Kier molecular flexibility index (Phi) is 5.31. The van der Waals surface area contributed by atoms with E-state index < -0.39 is 5.97 Å². The molecule has 1 aromatic heterocycles. The fourth-order valence-corrected chi connectivity index (χ4v) is 3.59. The molecule has 1 atom stereocenters. The highest BCUT2D eigenvalue weighted by atomic mass is 16.4. The summed E-state index contributed by atoms with van der Waals surface area (Å²) in [5.74, 6) is -0.301. The molecule has 2 aromatic rings. The molecule has 1 aliphatic heterocycles. The molecular formula is C22H26N2O3. The number of likely N-dealkylation sites (tertiary alicyclic amines) is 1. The van der Waals surface area contributed by atoms with Crippen LogP contribution in [0.3, 0.4) is 0 Å². The third-order valence-corrected chi connectivity index (χ3v) is 5.00. The molecule has 0 radical (unpaired) electrons. The van der Waals surface area contributed by atoms with Crippen LogP contribution in [0.15, 0.2) is 42.6 Å². The monoisotopic (exact) mass is 366 g/mol. The van der Waals surface area contributed by atoms with E-state index in [0.29, 0.717) is 17.2 Å². The maximum absolute atomic E-state index is 12.4. The number of aromatic nitrogens is 1. The summed E-state index contributed by atoms with van der Waals surface area (Å²) in [6.07, 6.45) is 3.70. The maximum atomic E-state index is 12.4. The van der Waals surface area contributed by atoms with Crippen molar-refractivity contribution in [2.45, 2.75) is 33.6 Å². The van der Waals surface area contributed by atoms with E-state index in [1.165, 1.54) is 0 Å². The third kappa shape index (κ3) is 4.35. The first-order valence-electron chi connectivity index (χ1n) is 9.32. The van der Waals surface area contributed by atoms with Crippen molar-refractivity contribution in [3.8, 4) is 11.3 Å². The Labute approximate surface area is 160 Å². The van der Waals surface area contributed by atoms with E-state index in [2.05, 4.69) is 4.98 Å².